The number of hydrogen-bond acceptors (Lipinski definition) is 5. The summed E-state index contributed by atoms with van der Waals surface area (Å²) in [6.45, 7) is 0.411. The molecular weight excluding hydrogens is 274 g/mol. The topological polar surface area (TPSA) is 95.7 Å². The van der Waals surface area contributed by atoms with Crippen LogP contribution < -0.4 is 5.32 Å². The Morgan fingerprint density at radius 2 is 2.19 bits per heavy atom. The number of aliphatic hydroxyl groups is 1. The van der Waals surface area contributed by atoms with Gasteiger partial charge < -0.3 is 15.3 Å². The first kappa shape index (κ1) is 13.8. The fourth-order valence-corrected chi connectivity index (χ4v) is 2.74. The molecule has 2 fully saturated rings. The van der Waals surface area contributed by atoms with E-state index in [4.69, 9.17) is 5.11 Å². The summed E-state index contributed by atoms with van der Waals surface area (Å²) in [5.74, 6) is 0.107. The van der Waals surface area contributed by atoms with E-state index in [1.807, 2.05) is 4.90 Å². The minimum Gasteiger partial charge on any atom is -0.392 e. The van der Waals surface area contributed by atoms with Crippen LogP contribution in [0, 0.1) is 10.1 Å². The zero-order valence-corrected chi connectivity index (χ0v) is 11.5. The third kappa shape index (κ3) is 2.82. The van der Waals surface area contributed by atoms with Crippen LogP contribution >= 0.6 is 0 Å². The fourth-order valence-electron chi connectivity index (χ4n) is 2.74. The number of hydrogen-bond donors (Lipinski definition) is 2. The Labute approximate surface area is 121 Å². The SMILES string of the molecule is O=C1CC(Nc2cc(CO)ccc2[N+](=O)[O-])CN1C1CC1. The summed E-state index contributed by atoms with van der Waals surface area (Å²) < 4.78 is 0. The normalized spacial score (nSPS) is 21.7. The molecule has 0 spiro atoms. The van der Waals surface area contributed by atoms with E-state index in [9.17, 15) is 14.9 Å². The van der Waals surface area contributed by atoms with E-state index in [0.29, 0.717) is 30.3 Å². The van der Waals surface area contributed by atoms with Crippen LogP contribution in [-0.2, 0) is 11.4 Å². The maximum Gasteiger partial charge on any atom is 0.292 e. The number of amides is 1. The number of anilines is 1. The molecule has 0 bridgehead atoms. The molecule has 1 aromatic rings. The van der Waals surface area contributed by atoms with Gasteiger partial charge in [0, 0.05) is 25.1 Å². The predicted molar refractivity (Wildman–Crippen MR) is 75.8 cm³/mol. The van der Waals surface area contributed by atoms with Gasteiger partial charge in [-0.25, -0.2) is 0 Å². The minimum absolute atomic E-state index is 0.0375. The van der Waals surface area contributed by atoms with Gasteiger partial charge in [-0.05, 0) is 30.5 Å². The molecule has 1 saturated carbocycles. The Bertz CT molecular complexity index is 586. The van der Waals surface area contributed by atoms with Crippen molar-refractivity contribution in [2.24, 2.45) is 0 Å². The van der Waals surface area contributed by atoms with Gasteiger partial charge in [0.05, 0.1) is 17.6 Å². The van der Waals surface area contributed by atoms with Crippen LogP contribution in [0.4, 0.5) is 11.4 Å². The second-order valence-corrected chi connectivity index (χ2v) is 5.59. The van der Waals surface area contributed by atoms with Crippen LogP contribution in [0.15, 0.2) is 18.2 Å². The second-order valence-electron chi connectivity index (χ2n) is 5.59. The van der Waals surface area contributed by atoms with Crippen molar-refractivity contribution in [3.05, 3.63) is 33.9 Å². The highest BCUT2D eigenvalue weighted by Crippen LogP contribution is 2.33. The van der Waals surface area contributed by atoms with Crippen molar-refractivity contribution in [2.45, 2.75) is 38.0 Å². The van der Waals surface area contributed by atoms with Crippen molar-refractivity contribution in [3.63, 3.8) is 0 Å². The van der Waals surface area contributed by atoms with Crippen molar-refractivity contribution in [2.75, 3.05) is 11.9 Å². The highest BCUT2D eigenvalue weighted by Gasteiger charge is 2.39. The highest BCUT2D eigenvalue weighted by atomic mass is 16.6. The van der Waals surface area contributed by atoms with E-state index < -0.39 is 4.92 Å². The summed E-state index contributed by atoms with van der Waals surface area (Å²) in [5.41, 5.74) is 0.929. The lowest BCUT2D eigenvalue weighted by Crippen LogP contribution is -2.29. The molecule has 1 aliphatic carbocycles. The highest BCUT2D eigenvalue weighted by molar-refractivity contribution is 5.81. The molecular formula is C14H17N3O4. The van der Waals surface area contributed by atoms with Gasteiger partial charge in [-0.15, -0.1) is 0 Å². The van der Waals surface area contributed by atoms with Gasteiger partial charge in [0.2, 0.25) is 5.91 Å². The molecule has 1 amide bonds. The molecule has 1 aliphatic heterocycles. The molecule has 1 aromatic carbocycles. The van der Waals surface area contributed by atoms with E-state index in [1.165, 1.54) is 12.1 Å². The van der Waals surface area contributed by atoms with E-state index >= 15 is 0 Å². The summed E-state index contributed by atoms with van der Waals surface area (Å²) >= 11 is 0. The Hall–Kier alpha value is -2.15. The van der Waals surface area contributed by atoms with Gasteiger partial charge in [0.25, 0.3) is 5.69 Å². The number of nitro groups is 1. The first-order valence-electron chi connectivity index (χ1n) is 7.02. The molecule has 2 N–H and O–H groups in total. The van der Waals surface area contributed by atoms with Gasteiger partial charge >= 0.3 is 0 Å². The molecule has 1 saturated heterocycles. The van der Waals surface area contributed by atoms with E-state index in [2.05, 4.69) is 5.32 Å². The number of rotatable bonds is 5. The maximum absolute atomic E-state index is 11.9. The Morgan fingerprint density at radius 3 is 2.81 bits per heavy atom. The lowest BCUT2D eigenvalue weighted by Gasteiger charge is -2.17. The first-order chi connectivity index (χ1) is 10.1. The number of aliphatic hydroxyl groups excluding tert-OH is 1. The maximum atomic E-state index is 11.9. The van der Waals surface area contributed by atoms with Crippen molar-refractivity contribution in [1.82, 2.24) is 4.90 Å². The second kappa shape index (κ2) is 5.33. The van der Waals surface area contributed by atoms with Crippen molar-refractivity contribution in [1.29, 1.82) is 0 Å². The van der Waals surface area contributed by atoms with Crippen LogP contribution in [0.2, 0.25) is 0 Å². The third-order valence-electron chi connectivity index (χ3n) is 3.95. The van der Waals surface area contributed by atoms with Gasteiger partial charge in [-0.3, -0.25) is 14.9 Å². The molecule has 7 nitrogen and oxygen atoms in total. The van der Waals surface area contributed by atoms with Crippen LogP contribution in [0.1, 0.15) is 24.8 Å². The smallest absolute Gasteiger partial charge is 0.292 e. The van der Waals surface area contributed by atoms with E-state index in [-0.39, 0.29) is 24.2 Å². The molecule has 2 aliphatic rings. The molecule has 0 radical (unpaired) electrons. The molecule has 7 heteroatoms. The quantitative estimate of drug-likeness (QED) is 0.629. The van der Waals surface area contributed by atoms with Crippen molar-refractivity contribution >= 4 is 17.3 Å². The molecule has 1 unspecified atom stereocenters. The third-order valence-corrected chi connectivity index (χ3v) is 3.95. The summed E-state index contributed by atoms with van der Waals surface area (Å²) in [5, 5.41) is 23.3. The molecule has 0 aromatic heterocycles. The Balaban J connectivity index is 1.77. The standard InChI is InChI=1S/C14H17N3O4/c18-8-9-1-4-13(17(20)21)12(5-9)15-10-6-14(19)16(7-10)11-2-3-11/h1,4-5,10-11,15,18H,2-3,6-8H2. The first-order valence-corrected chi connectivity index (χ1v) is 7.02. The summed E-state index contributed by atoms with van der Waals surface area (Å²) in [4.78, 5) is 24.4. The number of benzene rings is 1. The largest absolute Gasteiger partial charge is 0.392 e. The summed E-state index contributed by atoms with van der Waals surface area (Å²) in [7, 11) is 0. The molecule has 112 valence electrons. The predicted octanol–water partition coefficient (Wildman–Crippen LogP) is 1.26. The van der Waals surface area contributed by atoms with Crippen molar-refractivity contribution in [3.8, 4) is 0 Å². The Morgan fingerprint density at radius 1 is 1.43 bits per heavy atom. The number of carbonyl (C=O) groups excluding carboxylic acids is 1. The van der Waals surface area contributed by atoms with Crippen LogP contribution in [0.5, 0.6) is 0 Å². The van der Waals surface area contributed by atoms with Crippen LogP contribution in [0.25, 0.3) is 0 Å². The van der Waals surface area contributed by atoms with E-state index in [1.54, 1.807) is 6.07 Å². The summed E-state index contributed by atoms with van der Waals surface area (Å²) in [6, 6.07) is 4.72. The lowest BCUT2D eigenvalue weighted by atomic mass is 10.1. The average molecular weight is 291 g/mol. The number of likely N-dealkylation sites (tertiary alicyclic amines) is 1. The number of nitro benzene ring substituents is 1. The van der Waals surface area contributed by atoms with Gasteiger partial charge in [-0.1, -0.05) is 0 Å². The molecule has 1 atom stereocenters. The van der Waals surface area contributed by atoms with E-state index in [0.717, 1.165) is 12.8 Å². The average Bonchev–Trinajstić information content (AvgIpc) is 3.23. The number of nitrogens with zero attached hydrogens (tertiary/aromatic N) is 2. The Kier molecular flexibility index (Phi) is 3.50. The number of nitrogens with one attached hydrogen (secondary N) is 1. The minimum atomic E-state index is -0.459. The zero-order chi connectivity index (χ0) is 15.0. The zero-order valence-electron chi connectivity index (χ0n) is 11.5. The van der Waals surface area contributed by atoms with Crippen molar-refractivity contribution < 1.29 is 14.8 Å². The summed E-state index contributed by atoms with van der Waals surface area (Å²) in [6.07, 6.45) is 2.47. The molecule has 1 heterocycles. The number of carbonyl (C=O) groups is 1. The van der Waals surface area contributed by atoms with Gasteiger partial charge in [0.15, 0.2) is 0 Å². The van der Waals surface area contributed by atoms with Crippen LogP contribution in [-0.4, -0.2) is 39.5 Å². The monoisotopic (exact) mass is 291 g/mol. The molecule has 3 rings (SSSR count). The van der Waals surface area contributed by atoms with Crippen LogP contribution in [0.3, 0.4) is 0 Å². The molecule has 21 heavy (non-hydrogen) atoms. The van der Waals surface area contributed by atoms with Gasteiger partial charge in [0.1, 0.15) is 5.69 Å². The lowest BCUT2D eigenvalue weighted by molar-refractivity contribution is -0.384. The fraction of sp³-hybridized carbons (Fsp3) is 0.500. The van der Waals surface area contributed by atoms with Gasteiger partial charge in [-0.2, -0.15) is 0 Å².